The van der Waals surface area contributed by atoms with E-state index in [1.807, 2.05) is 12.1 Å². The molecular weight excluding hydrogens is 334 g/mol. The third-order valence-corrected chi connectivity index (χ3v) is 3.98. The van der Waals surface area contributed by atoms with Gasteiger partial charge in [0.1, 0.15) is 0 Å². The van der Waals surface area contributed by atoms with Crippen molar-refractivity contribution in [3.63, 3.8) is 0 Å². The maximum atomic E-state index is 11.9. The van der Waals surface area contributed by atoms with Crippen molar-refractivity contribution in [1.29, 1.82) is 0 Å². The number of ether oxygens (including phenoxy) is 1. The second kappa shape index (κ2) is 5.92. The minimum absolute atomic E-state index is 0.0496. The van der Waals surface area contributed by atoms with Gasteiger partial charge in [-0.05, 0) is 23.8 Å². The predicted molar refractivity (Wildman–Crippen MR) is 74.7 cm³/mol. The van der Waals surface area contributed by atoms with Gasteiger partial charge in [-0.15, -0.1) is 0 Å². The zero-order valence-corrected chi connectivity index (χ0v) is 12.7. The number of rotatable bonds is 3. The predicted octanol–water partition coefficient (Wildman–Crippen LogP) is 2.62. The molecule has 0 aromatic heterocycles. The Balaban J connectivity index is 2.09. The zero-order chi connectivity index (χ0) is 14.0. The van der Waals surface area contributed by atoms with E-state index in [9.17, 15) is 9.59 Å². The second-order valence-corrected chi connectivity index (χ2v) is 5.76. The lowest BCUT2D eigenvalue weighted by atomic mass is 10.1. The highest BCUT2D eigenvalue weighted by Gasteiger charge is 2.35. The average Bonchev–Trinajstić information content (AvgIpc) is 2.74. The van der Waals surface area contributed by atoms with Crippen molar-refractivity contribution in [2.24, 2.45) is 5.92 Å². The molecule has 0 bridgehead atoms. The van der Waals surface area contributed by atoms with Crippen LogP contribution in [-0.2, 0) is 20.9 Å². The summed E-state index contributed by atoms with van der Waals surface area (Å²) in [6.45, 7) is 0.791. The fraction of sp³-hybridized carbons (Fsp3) is 0.385. The number of benzene rings is 1. The van der Waals surface area contributed by atoms with Gasteiger partial charge in [0.15, 0.2) is 0 Å². The number of carbonyl (C=O) groups excluding carboxylic acids is 2. The quantitative estimate of drug-likeness (QED) is 0.791. The topological polar surface area (TPSA) is 46.6 Å². The molecule has 1 unspecified atom stereocenters. The molecule has 0 saturated carbocycles. The largest absolute Gasteiger partial charge is 0.469 e. The molecule has 102 valence electrons. The summed E-state index contributed by atoms with van der Waals surface area (Å²) in [5.41, 5.74) is 0.856. The molecule has 6 heteroatoms. The van der Waals surface area contributed by atoms with Crippen LogP contribution in [0.15, 0.2) is 22.7 Å². The number of methoxy groups -OCH3 is 1. The molecule has 0 N–H and O–H groups in total. The first-order chi connectivity index (χ1) is 9.01. The Kier molecular flexibility index (Phi) is 4.47. The van der Waals surface area contributed by atoms with Gasteiger partial charge in [0.25, 0.3) is 0 Å². The van der Waals surface area contributed by atoms with Gasteiger partial charge in [-0.2, -0.15) is 0 Å². The van der Waals surface area contributed by atoms with Crippen molar-refractivity contribution in [2.45, 2.75) is 13.0 Å². The van der Waals surface area contributed by atoms with Gasteiger partial charge in [-0.1, -0.05) is 27.5 Å². The molecule has 1 aromatic carbocycles. The van der Waals surface area contributed by atoms with Crippen LogP contribution in [0.5, 0.6) is 0 Å². The third-order valence-electron chi connectivity index (χ3n) is 3.12. The van der Waals surface area contributed by atoms with Gasteiger partial charge in [0.2, 0.25) is 5.91 Å². The van der Waals surface area contributed by atoms with Crippen LogP contribution in [0.2, 0.25) is 5.02 Å². The van der Waals surface area contributed by atoms with E-state index in [0.29, 0.717) is 18.1 Å². The molecule has 1 heterocycles. The molecule has 0 spiro atoms. The number of likely N-dealkylation sites (tertiary alicyclic amines) is 1. The molecule has 0 aliphatic carbocycles. The maximum absolute atomic E-state index is 11.9. The van der Waals surface area contributed by atoms with Crippen LogP contribution in [0.1, 0.15) is 12.0 Å². The minimum atomic E-state index is -0.372. The second-order valence-electron chi connectivity index (χ2n) is 4.43. The number of nitrogens with zero attached hydrogens (tertiary/aromatic N) is 1. The molecule has 1 saturated heterocycles. The van der Waals surface area contributed by atoms with Crippen molar-refractivity contribution in [2.75, 3.05) is 13.7 Å². The van der Waals surface area contributed by atoms with E-state index in [0.717, 1.165) is 10.0 Å². The summed E-state index contributed by atoms with van der Waals surface area (Å²) in [4.78, 5) is 24.9. The van der Waals surface area contributed by atoms with E-state index in [-0.39, 0.29) is 24.2 Å². The van der Waals surface area contributed by atoms with Crippen LogP contribution < -0.4 is 0 Å². The number of carbonyl (C=O) groups is 2. The van der Waals surface area contributed by atoms with E-state index >= 15 is 0 Å². The van der Waals surface area contributed by atoms with Gasteiger partial charge in [-0.3, -0.25) is 9.59 Å². The van der Waals surface area contributed by atoms with Crippen LogP contribution in [0.4, 0.5) is 0 Å². The minimum Gasteiger partial charge on any atom is -0.469 e. The van der Waals surface area contributed by atoms with Gasteiger partial charge >= 0.3 is 5.97 Å². The number of hydrogen-bond acceptors (Lipinski definition) is 3. The smallest absolute Gasteiger partial charge is 0.310 e. The summed E-state index contributed by atoms with van der Waals surface area (Å²) in [5.74, 6) is -0.758. The Bertz CT molecular complexity index is 521. The van der Waals surface area contributed by atoms with E-state index in [1.54, 1.807) is 11.0 Å². The van der Waals surface area contributed by atoms with E-state index in [2.05, 4.69) is 20.7 Å². The monoisotopic (exact) mass is 345 g/mol. The van der Waals surface area contributed by atoms with E-state index < -0.39 is 0 Å². The summed E-state index contributed by atoms with van der Waals surface area (Å²) in [5, 5.41) is 0.609. The van der Waals surface area contributed by atoms with Crippen LogP contribution >= 0.6 is 27.5 Å². The summed E-state index contributed by atoms with van der Waals surface area (Å²) in [6, 6.07) is 5.50. The summed E-state index contributed by atoms with van der Waals surface area (Å²) >= 11 is 9.47. The first-order valence-corrected chi connectivity index (χ1v) is 6.98. The summed E-state index contributed by atoms with van der Waals surface area (Å²) in [7, 11) is 1.33. The Labute approximate surface area is 124 Å². The lowest BCUT2D eigenvalue weighted by molar-refractivity contribution is -0.145. The maximum Gasteiger partial charge on any atom is 0.310 e. The van der Waals surface area contributed by atoms with Crippen molar-refractivity contribution in [3.8, 4) is 0 Å². The van der Waals surface area contributed by atoms with E-state index in [1.165, 1.54) is 7.11 Å². The first-order valence-electron chi connectivity index (χ1n) is 5.80. The highest BCUT2D eigenvalue weighted by Crippen LogP contribution is 2.26. The average molecular weight is 347 g/mol. The Morgan fingerprint density at radius 2 is 2.32 bits per heavy atom. The normalized spacial score (nSPS) is 18.8. The number of amides is 1. The highest BCUT2D eigenvalue weighted by molar-refractivity contribution is 9.10. The molecular formula is C13H13BrClNO3. The van der Waals surface area contributed by atoms with Crippen molar-refractivity contribution >= 4 is 39.4 Å². The van der Waals surface area contributed by atoms with Gasteiger partial charge in [-0.25, -0.2) is 0 Å². The standard InChI is InChI=1S/C13H13BrClNO3/c1-19-13(18)9-5-12(17)16(7-9)6-8-4-10(14)2-3-11(8)15/h2-4,9H,5-7H2,1H3. The SMILES string of the molecule is COC(=O)C1CC(=O)N(Cc2cc(Br)ccc2Cl)C1. The Morgan fingerprint density at radius 1 is 1.58 bits per heavy atom. The number of halogens is 2. The highest BCUT2D eigenvalue weighted by atomic mass is 79.9. The van der Waals surface area contributed by atoms with Gasteiger partial charge < -0.3 is 9.64 Å². The van der Waals surface area contributed by atoms with E-state index in [4.69, 9.17) is 11.6 Å². The summed E-state index contributed by atoms with van der Waals surface area (Å²) in [6.07, 6.45) is 0.207. The molecule has 1 aliphatic rings. The number of esters is 1. The van der Waals surface area contributed by atoms with Crippen LogP contribution in [0, 0.1) is 5.92 Å². The molecule has 2 rings (SSSR count). The van der Waals surface area contributed by atoms with Crippen LogP contribution in [0.25, 0.3) is 0 Å². The van der Waals surface area contributed by atoms with Crippen molar-refractivity contribution in [1.82, 2.24) is 4.90 Å². The van der Waals surface area contributed by atoms with Gasteiger partial charge in [0, 0.05) is 29.0 Å². The zero-order valence-electron chi connectivity index (χ0n) is 10.4. The van der Waals surface area contributed by atoms with Gasteiger partial charge in [0.05, 0.1) is 13.0 Å². The molecule has 1 atom stereocenters. The molecule has 1 aromatic rings. The third kappa shape index (κ3) is 3.28. The molecule has 1 fully saturated rings. The number of hydrogen-bond donors (Lipinski definition) is 0. The van der Waals surface area contributed by atoms with Crippen LogP contribution in [-0.4, -0.2) is 30.4 Å². The fourth-order valence-corrected chi connectivity index (χ4v) is 2.71. The summed E-state index contributed by atoms with van der Waals surface area (Å²) < 4.78 is 5.58. The van der Waals surface area contributed by atoms with Crippen LogP contribution in [0.3, 0.4) is 0 Å². The first kappa shape index (κ1) is 14.3. The fourth-order valence-electron chi connectivity index (χ4n) is 2.12. The molecule has 1 aliphatic heterocycles. The molecule has 0 radical (unpaired) electrons. The Hall–Kier alpha value is -1.07. The van der Waals surface area contributed by atoms with Crippen molar-refractivity contribution < 1.29 is 14.3 Å². The lowest BCUT2D eigenvalue weighted by Gasteiger charge is -2.17. The molecule has 1 amide bonds. The van der Waals surface area contributed by atoms with Crippen molar-refractivity contribution in [3.05, 3.63) is 33.3 Å². The molecule has 19 heavy (non-hydrogen) atoms. The Morgan fingerprint density at radius 3 is 3.00 bits per heavy atom. The lowest BCUT2D eigenvalue weighted by Crippen LogP contribution is -2.26. The molecule has 4 nitrogen and oxygen atoms in total.